The van der Waals surface area contributed by atoms with Crippen molar-refractivity contribution in [3.63, 3.8) is 0 Å². The van der Waals surface area contributed by atoms with Gasteiger partial charge in [0.2, 0.25) is 5.91 Å². The molecule has 4 bridgehead atoms. The van der Waals surface area contributed by atoms with Gasteiger partial charge in [-0.05, 0) is 62.2 Å². The molecular weight excluding hydrogens is 340 g/mol. The van der Waals surface area contributed by atoms with E-state index in [0.29, 0.717) is 25.4 Å². The predicted octanol–water partition coefficient (Wildman–Crippen LogP) is 3.04. The van der Waals surface area contributed by atoms with Crippen molar-refractivity contribution in [1.29, 1.82) is 5.26 Å². The molecule has 0 atom stereocenters. The normalized spacial score (nSPS) is 31.1. The van der Waals surface area contributed by atoms with Crippen molar-refractivity contribution in [2.75, 3.05) is 19.6 Å². The maximum absolute atomic E-state index is 12.4. The molecule has 0 aromatic heterocycles. The van der Waals surface area contributed by atoms with Crippen molar-refractivity contribution in [3.05, 3.63) is 0 Å². The van der Waals surface area contributed by atoms with Crippen molar-refractivity contribution in [2.45, 2.75) is 70.8 Å². The Bertz CT molecular complexity index is 560. The van der Waals surface area contributed by atoms with E-state index in [0.717, 1.165) is 43.6 Å². The maximum Gasteiger partial charge on any atom is 0.321 e. The average molecular weight is 375 g/mol. The van der Waals surface area contributed by atoms with Gasteiger partial charge in [-0.15, -0.1) is 0 Å². The minimum Gasteiger partial charge on any atom is -0.332 e. The van der Waals surface area contributed by atoms with Crippen LogP contribution < -0.4 is 10.6 Å². The Balaban J connectivity index is 1.44. The molecule has 27 heavy (non-hydrogen) atoms. The molecule has 150 valence electrons. The van der Waals surface area contributed by atoms with E-state index in [1.54, 1.807) is 0 Å². The van der Waals surface area contributed by atoms with Gasteiger partial charge in [-0.25, -0.2) is 4.79 Å². The summed E-state index contributed by atoms with van der Waals surface area (Å²) in [5.41, 5.74) is -0.0738. The minimum atomic E-state index is -0.325. The number of amides is 3. The molecule has 2 N–H and O–H groups in total. The van der Waals surface area contributed by atoms with Gasteiger partial charge in [0.15, 0.2) is 0 Å². The fourth-order valence-electron chi connectivity index (χ4n) is 6.00. The number of rotatable bonds is 8. The van der Waals surface area contributed by atoms with E-state index >= 15 is 0 Å². The number of imide groups is 1. The number of hydrogen-bond acceptors (Lipinski definition) is 4. The van der Waals surface area contributed by atoms with Crippen molar-refractivity contribution >= 4 is 11.9 Å². The van der Waals surface area contributed by atoms with Gasteiger partial charge >= 0.3 is 6.03 Å². The van der Waals surface area contributed by atoms with Crippen LogP contribution in [0.15, 0.2) is 0 Å². The van der Waals surface area contributed by atoms with E-state index in [4.69, 9.17) is 5.26 Å². The average Bonchev–Trinajstić information content (AvgIpc) is 2.55. The molecule has 3 amide bonds. The molecule has 0 aromatic carbocycles. The lowest BCUT2D eigenvalue weighted by atomic mass is 9.53. The molecule has 0 heterocycles. The lowest BCUT2D eigenvalue weighted by Crippen LogP contribution is -2.61. The van der Waals surface area contributed by atoms with Gasteiger partial charge in [-0.3, -0.25) is 10.1 Å². The van der Waals surface area contributed by atoms with Crippen LogP contribution in [0.4, 0.5) is 4.79 Å². The summed E-state index contributed by atoms with van der Waals surface area (Å²) in [4.78, 5) is 26.8. The standard InChI is InChI=1S/C21H34N4O2/c1-15(2)14-25(6-3-5-22)7-4-19(26)23-20(27)24-21-11-16-8-17(12-21)10-18(9-16)13-21/h15-18H,3-4,6-14H2,1-2H3,(H2,23,24,26,27). The SMILES string of the molecule is CC(C)CN(CCC#N)CCC(=O)NC(=O)NC12CC3CC(CC(C3)C1)C2. The molecule has 0 spiro atoms. The topological polar surface area (TPSA) is 85.2 Å². The van der Waals surface area contributed by atoms with Crippen LogP contribution in [0.1, 0.15) is 65.2 Å². The Morgan fingerprint density at radius 3 is 2.22 bits per heavy atom. The van der Waals surface area contributed by atoms with Gasteiger partial charge in [0.25, 0.3) is 0 Å². The molecule has 0 saturated heterocycles. The fraction of sp³-hybridized carbons (Fsp3) is 0.857. The lowest BCUT2D eigenvalue weighted by Gasteiger charge is -2.56. The summed E-state index contributed by atoms with van der Waals surface area (Å²) in [5.74, 6) is 2.53. The smallest absolute Gasteiger partial charge is 0.321 e. The second kappa shape index (κ2) is 8.60. The van der Waals surface area contributed by atoms with E-state index in [9.17, 15) is 9.59 Å². The highest BCUT2D eigenvalue weighted by Gasteiger charge is 2.51. The van der Waals surface area contributed by atoms with Crippen LogP contribution in [0.5, 0.6) is 0 Å². The number of carbonyl (C=O) groups excluding carboxylic acids is 2. The number of hydrogen-bond donors (Lipinski definition) is 2. The van der Waals surface area contributed by atoms with Crippen molar-refractivity contribution in [2.24, 2.45) is 23.7 Å². The van der Waals surface area contributed by atoms with Crippen LogP contribution in [0.25, 0.3) is 0 Å². The van der Waals surface area contributed by atoms with Gasteiger partial charge in [-0.1, -0.05) is 13.8 Å². The Morgan fingerprint density at radius 2 is 1.70 bits per heavy atom. The van der Waals surface area contributed by atoms with Crippen LogP contribution in [0.3, 0.4) is 0 Å². The summed E-state index contributed by atoms with van der Waals surface area (Å²) in [6.07, 6.45) is 7.97. The van der Waals surface area contributed by atoms with E-state index in [2.05, 4.69) is 35.5 Å². The van der Waals surface area contributed by atoms with Gasteiger partial charge in [-0.2, -0.15) is 5.26 Å². The summed E-state index contributed by atoms with van der Waals surface area (Å²) in [6, 6.07) is 1.83. The molecule has 4 fully saturated rings. The third-order valence-electron chi connectivity index (χ3n) is 6.49. The van der Waals surface area contributed by atoms with E-state index < -0.39 is 0 Å². The predicted molar refractivity (Wildman–Crippen MR) is 104 cm³/mol. The van der Waals surface area contributed by atoms with E-state index in [1.165, 1.54) is 19.3 Å². The largest absolute Gasteiger partial charge is 0.332 e. The quantitative estimate of drug-likeness (QED) is 0.684. The molecule has 6 nitrogen and oxygen atoms in total. The second-order valence-electron chi connectivity index (χ2n) is 9.55. The van der Waals surface area contributed by atoms with Gasteiger partial charge < -0.3 is 10.2 Å². The number of urea groups is 1. The first-order valence-corrected chi connectivity index (χ1v) is 10.6. The molecule has 0 radical (unpaired) electrons. The maximum atomic E-state index is 12.4. The second-order valence-corrected chi connectivity index (χ2v) is 9.55. The molecule has 4 rings (SSSR count). The van der Waals surface area contributed by atoms with Crippen molar-refractivity contribution < 1.29 is 9.59 Å². The number of carbonyl (C=O) groups is 2. The highest BCUT2D eigenvalue weighted by atomic mass is 16.2. The van der Waals surface area contributed by atoms with Gasteiger partial charge in [0.05, 0.1) is 6.07 Å². The molecule has 0 unspecified atom stereocenters. The minimum absolute atomic E-state index is 0.0738. The van der Waals surface area contributed by atoms with E-state index in [-0.39, 0.29) is 23.9 Å². The van der Waals surface area contributed by atoms with Crippen molar-refractivity contribution in [3.8, 4) is 6.07 Å². The Morgan fingerprint density at radius 1 is 1.11 bits per heavy atom. The molecule has 4 aliphatic rings. The Kier molecular flexibility index (Phi) is 6.41. The lowest BCUT2D eigenvalue weighted by molar-refractivity contribution is -0.120. The summed E-state index contributed by atoms with van der Waals surface area (Å²) in [7, 11) is 0. The van der Waals surface area contributed by atoms with Crippen LogP contribution >= 0.6 is 0 Å². The van der Waals surface area contributed by atoms with Crippen LogP contribution in [-0.2, 0) is 4.79 Å². The first kappa shape index (κ1) is 20.1. The zero-order valence-corrected chi connectivity index (χ0v) is 16.8. The van der Waals surface area contributed by atoms with Crippen LogP contribution in [0.2, 0.25) is 0 Å². The van der Waals surface area contributed by atoms with Gasteiger partial charge in [0, 0.05) is 38.0 Å². The zero-order chi connectivity index (χ0) is 19.4. The summed E-state index contributed by atoms with van der Waals surface area (Å²) in [5, 5.41) is 14.5. The molecule has 0 aliphatic heterocycles. The number of nitriles is 1. The number of nitrogens with zero attached hydrogens (tertiary/aromatic N) is 2. The highest BCUT2D eigenvalue weighted by Crippen LogP contribution is 2.55. The summed E-state index contributed by atoms with van der Waals surface area (Å²) < 4.78 is 0. The highest BCUT2D eigenvalue weighted by molar-refractivity contribution is 5.94. The Hall–Kier alpha value is -1.61. The third-order valence-corrected chi connectivity index (χ3v) is 6.49. The molecule has 0 aromatic rings. The third kappa shape index (κ3) is 5.44. The van der Waals surface area contributed by atoms with E-state index in [1.807, 2.05) is 0 Å². The molecule has 4 saturated carbocycles. The Labute approximate surface area is 163 Å². The van der Waals surface area contributed by atoms with Gasteiger partial charge in [0.1, 0.15) is 0 Å². The molecule has 4 aliphatic carbocycles. The van der Waals surface area contributed by atoms with Crippen LogP contribution in [0, 0.1) is 35.0 Å². The summed E-state index contributed by atoms with van der Waals surface area (Å²) in [6.45, 7) is 6.35. The van der Waals surface area contributed by atoms with Crippen molar-refractivity contribution in [1.82, 2.24) is 15.5 Å². The summed E-state index contributed by atoms with van der Waals surface area (Å²) >= 11 is 0. The monoisotopic (exact) mass is 374 g/mol. The fourth-order valence-corrected chi connectivity index (χ4v) is 6.00. The number of nitrogens with one attached hydrogen (secondary N) is 2. The first-order chi connectivity index (χ1) is 12.9. The first-order valence-electron chi connectivity index (χ1n) is 10.6. The molecule has 6 heteroatoms. The zero-order valence-electron chi connectivity index (χ0n) is 16.8. The van der Waals surface area contributed by atoms with Crippen LogP contribution in [-0.4, -0.2) is 42.0 Å². The molecular formula is C21H34N4O2.